The molecule has 1 aliphatic rings. The Labute approximate surface area is 159 Å². The van der Waals surface area contributed by atoms with Crippen molar-refractivity contribution in [3.8, 4) is 11.1 Å². The molecule has 4 rings (SSSR count). The van der Waals surface area contributed by atoms with E-state index in [0.29, 0.717) is 0 Å². The molecule has 0 saturated heterocycles. The van der Waals surface area contributed by atoms with Crippen LogP contribution in [0, 0.1) is 5.95 Å². The summed E-state index contributed by atoms with van der Waals surface area (Å²) in [5.41, 5.74) is 3.32. The minimum atomic E-state index is -1.38. The molecule has 0 saturated carbocycles. The summed E-state index contributed by atoms with van der Waals surface area (Å²) in [5, 5.41) is 11.3. The molecule has 0 unspecified atom stereocenters. The first kappa shape index (κ1) is 17.7. The summed E-state index contributed by atoms with van der Waals surface area (Å²) < 4.78 is 19.2. The van der Waals surface area contributed by atoms with E-state index in [0.717, 1.165) is 34.5 Å². The zero-order valence-electron chi connectivity index (χ0n) is 14.6. The van der Waals surface area contributed by atoms with Gasteiger partial charge in [0.25, 0.3) is 0 Å². The van der Waals surface area contributed by atoms with Crippen LogP contribution in [0.3, 0.4) is 0 Å². The summed E-state index contributed by atoms with van der Waals surface area (Å²) in [5.74, 6) is -2.63. The van der Waals surface area contributed by atoms with Crippen LogP contribution in [0.25, 0.3) is 11.1 Å². The molecule has 6 nitrogen and oxygen atoms in total. The molecule has 1 heterocycles. The molecule has 1 amide bonds. The van der Waals surface area contributed by atoms with Crippen molar-refractivity contribution in [2.75, 3.05) is 11.9 Å². The van der Waals surface area contributed by atoms with Gasteiger partial charge in [-0.25, -0.2) is 14.6 Å². The van der Waals surface area contributed by atoms with Crippen LogP contribution < -0.4 is 5.32 Å². The normalized spacial score (nSPS) is 12.2. The van der Waals surface area contributed by atoms with Gasteiger partial charge in [-0.05, 0) is 28.3 Å². The van der Waals surface area contributed by atoms with Crippen LogP contribution in [0.1, 0.15) is 27.4 Å². The quantitative estimate of drug-likeness (QED) is 0.662. The largest absolute Gasteiger partial charge is 0.478 e. The molecule has 140 valence electrons. The number of fused-ring (bicyclic) bond motifs is 3. The van der Waals surface area contributed by atoms with Gasteiger partial charge in [0.2, 0.25) is 5.95 Å². The van der Waals surface area contributed by atoms with Gasteiger partial charge in [-0.1, -0.05) is 48.5 Å². The monoisotopic (exact) mass is 378 g/mol. The minimum Gasteiger partial charge on any atom is -0.478 e. The third kappa shape index (κ3) is 3.07. The van der Waals surface area contributed by atoms with Crippen LogP contribution in [0.15, 0.2) is 60.8 Å². The summed E-state index contributed by atoms with van der Waals surface area (Å²) in [6.07, 6.45) is 0.0677. The number of rotatable bonds is 4. The van der Waals surface area contributed by atoms with Crippen molar-refractivity contribution in [1.29, 1.82) is 0 Å². The number of carboxylic acids is 1. The van der Waals surface area contributed by atoms with Gasteiger partial charge in [0.05, 0.1) is 5.56 Å². The summed E-state index contributed by atoms with van der Waals surface area (Å²) in [6.45, 7) is 0.0319. The number of hydrogen-bond acceptors (Lipinski definition) is 4. The third-order valence-electron chi connectivity index (χ3n) is 4.71. The Kier molecular flexibility index (Phi) is 4.49. The Bertz CT molecular complexity index is 1040. The highest BCUT2D eigenvalue weighted by molar-refractivity contribution is 5.98. The molecule has 1 aromatic heterocycles. The van der Waals surface area contributed by atoms with E-state index in [1.165, 1.54) is 0 Å². The smallest absolute Gasteiger partial charge is 0.411 e. The highest BCUT2D eigenvalue weighted by Gasteiger charge is 2.29. The number of anilines is 1. The maximum Gasteiger partial charge on any atom is 0.411 e. The molecular weight excluding hydrogens is 363 g/mol. The second-order valence-corrected chi connectivity index (χ2v) is 6.28. The lowest BCUT2D eigenvalue weighted by atomic mass is 9.98. The molecular formula is C21H15FN2O4. The molecule has 3 aromatic rings. The number of nitrogens with zero attached hydrogens (tertiary/aromatic N) is 1. The van der Waals surface area contributed by atoms with Crippen LogP contribution >= 0.6 is 0 Å². The highest BCUT2D eigenvalue weighted by Crippen LogP contribution is 2.44. The van der Waals surface area contributed by atoms with Gasteiger partial charge in [0, 0.05) is 12.1 Å². The van der Waals surface area contributed by atoms with Gasteiger partial charge >= 0.3 is 12.1 Å². The molecule has 0 atom stereocenters. The van der Waals surface area contributed by atoms with E-state index in [4.69, 9.17) is 9.84 Å². The third-order valence-corrected chi connectivity index (χ3v) is 4.71. The summed E-state index contributed by atoms with van der Waals surface area (Å²) >= 11 is 0. The van der Waals surface area contributed by atoms with Crippen molar-refractivity contribution in [2.45, 2.75) is 5.92 Å². The molecule has 0 radical (unpaired) electrons. The maximum atomic E-state index is 13.9. The van der Waals surface area contributed by atoms with Gasteiger partial charge in [-0.3, -0.25) is 5.32 Å². The fourth-order valence-corrected chi connectivity index (χ4v) is 3.47. The number of nitrogens with one attached hydrogen (secondary N) is 1. The van der Waals surface area contributed by atoms with E-state index >= 15 is 0 Å². The van der Waals surface area contributed by atoms with Crippen molar-refractivity contribution in [1.82, 2.24) is 4.98 Å². The number of hydrogen-bond donors (Lipinski definition) is 2. The number of amides is 1. The van der Waals surface area contributed by atoms with Crippen molar-refractivity contribution in [3.05, 3.63) is 83.4 Å². The second-order valence-electron chi connectivity index (χ2n) is 6.28. The van der Waals surface area contributed by atoms with E-state index < -0.39 is 29.3 Å². The maximum absolute atomic E-state index is 13.9. The molecule has 7 heteroatoms. The van der Waals surface area contributed by atoms with E-state index in [9.17, 15) is 14.0 Å². The molecule has 0 aliphatic heterocycles. The summed E-state index contributed by atoms with van der Waals surface area (Å²) in [6, 6.07) is 16.8. The van der Waals surface area contributed by atoms with Gasteiger partial charge in [0.15, 0.2) is 0 Å². The molecule has 2 aromatic carbocycles. The number of pyridine rings is 1. The van der Waals surface area contributed by atoms with Crippen LogP contribution in [0.5, 0.6) is 0 Å². The molecule has 28 heavy (non-hydrogen) atoms. The topological polar surface area (TPSA) is 88.5 Å². The number of ether oxygens (including phenoxy) is 1. The Morgan fingerprint density at radius 2 is 1.64 bits per heavy atom. The number of aromatic carboxylic acids is 1. The van der Waals surface area contributed by atoms with Crippen molar-refractivity contribution >= 4 is 17.7 Å². The average molecular weight is 378 g/mol. The molecule has 0 spiro atoms. The van der Waals surface area contributed by atoms with Crippen LogP contribution in [-0.4, -0.2) is 28.8 Å². The Morgan fingerprint density at radius 1 is 1.04 bits per heavy atom. The van der Waals surface area contributed by atoms with E-state index in [-0.39, 0.29) is 12.5 Å². The predicted molar refractivity (Wildman–Crippen MR) is 99.8 cm³/mol. The van der Waals surface area contributed by atoms with Crippen LogP contribution in [-0.2, 0) is 4.74 Å². The van der Waals surface area contributed by atoms with Crippen molar-refractivity contribution < 1.29 is 23.8 Å². The Morgan fingerprint density at radius 3 is 2.25 bits per heavy atom. The predicted octanol–water partition coefficient (Wildman–Crippen LogP) is 4.28. The second kappa shape index (κ2) is 7.11. The van der Waals surface area contributed by atoms with E-state index in [1.54, 1.807) is 0 Å². The van der Waals surface area contributed by atoms with Gasteiger partial charge < -0.3 is 9.84 Å². The zero-order valence-corrected chi connectivity index (χ0v) is 14.6. The molecule has 0 bridgehead atoms. The van der Waals surface area contributed by atoms with E-state index in [2.05, 4.69) is 10.3 Å². The number of carbonyl (C=O) groups excluding carboxylic acids is 1. The first-order valence-electron chi connectivity index (χ1n) is 8.56. The minimum absolute atomic E-state index is 0.0319. The summed E-state index contributed by atoms with van der Waals surface area (Å²) in [7, 11) is 0. The standard InChI is InChI=1S/C21H15FN2O4/c22-19-18(16(20(25)26)9-10-23-19)24-21(27)28-11-17-14-7-3-1-5-12(14)13-6-2-4-8-15(13)17/h1-10,17H,11H2,(H,24,27)(H,25,26). The SMILES string of the molecule is O=C(Nc1c(C(=O)O)ccnc1F)OCC1c2ccccc2-c2ccccc21. The molecule has 2 N–H and O–H groups in total. The van der Waals surface area contributed by atoms with Gasteiger partial charge in [-0.15, -0.1) is 0 Å². The van der Waals surface area contributed by atoms with Crippen LogP contribution in [0.2, 0.25) is 0 Å². The Balaban J connectivity index is 1.53. The number of benzene rings is 2. The number of aromatic nitrogens is 1. The first-order chi connectivity index (χ1) is 13.6. The number of halogens is 1. The Hall–Kier alpha value is -3.74. The van der Waals surface area contributed by atoms with Crippen molar-refractivity contribution in [3.63, 3.8) is 0 Å². The number of carbonyl (C=O) groups is 2. The highest BCUT2D eigenvalue weighted by atomic mass is 19.1. The van der Waals surface area contributed by atoms with E-state index in [1.807, 2.05) is 48.5 Å². The van der Waals surface area contributed by atoms with Gasteiger partial charge in [0.1, 0.15) is 12.3 Å². The lowest BCUT2D eigenvalue weighted by molar-refractivity contribution is 0.0697. The average Bonchev–Trinajstić information content (AvgIpc) is 3.02. The van der Waals surface area contributed by atoms with Gasteiger partial charge in [-0.2, -0.15) is 4.39 Å². The number of carboxylic acid groups (broad SMARTS) is 1. The fourth-order valence-electron chi connectivity index (χ4n) is 3.47. The van der Waals surface area contributed by atoms with Crippen LogP contribution in [0.4, 0.5) is 14.9 Å². The van der Waals surface area contributed by atoms with Crippen molar-refractivity contribution in [2.24, 2.45) is 0 Å². The lowest BCUT2D eigenvalue weighted by Crippen LogP contribution is -2.20. The summed E-state index contributed by atoms with van der Waals surface area (Å²) in [4.78, 5) is 26.8. The first-order valence-corrected chi connectivity index (χ1v) is 8.56. The lowest BCUT2D eigenvalue weighted by Gasteiger charge is -2.15. The molecule has 1 aliphatic carbocycles. The molecule has 0 fully saturated rings. The fraction of sp³-hybridized carbons (Fsp3) is 0.0952. The zero-order chi connectivity index (χ0) is 19.7.